The van der Waals surface area contributed by atoms with E-state index >= 15 is 0 Å². The van der Waals surface area contributed by atoms with Crippen LogP contribution in [0.4, 0.5) is 0 Å². The first-order chi connectivity index (χ1) is 19.6. The Kier molecular flexibility index (Phi) is 11.2. The smallest absolute Gasteiger partial charge is 0.339 e. The first-order valence-corrected chi connectivity index (χ1v) is 18.2. The minimum absolute atomic E-state index is 0.00824. The summed E-state index contributed by atoms with van der Waals surface area (Å²) in [7, 11) is 0.701. The van der Waals surface area contributed by atoms with Gasteiger partial charge in [-0.1, -0.05) is 77.9 Å². The average molecular weight is 597 g/mol. The number of carbonyl (C=O) groups excluding carboxylic acids is 2. The lowest BCUT2D eigenvalue weighted by atomic mass is 9.68. The van der Waals surface area contributed by atoms with E-state index in [0.717, 1.165) is 41.5 Å². The summed E-state index contributed by atoms with van der Waals surface area (Å²) < 4.78 is 23.4. The normalized spacial score (nSPS) is 17.3. The zero-order valence-electron chi connectivity index (χ0n) is 27.5. The van der Waals surface area contributed by atoms with Gasteiger partial charge in [0.2, 0.25) is 0 Å². The first kappa shape index (κ1) is 34.0. The van der Waals surface area contributed by atoms with Crippen LogP contribution in [0.1, 0.15) is 104 Å². The SMILES string of the molecule is COC(=O)c1c(CC[C@H](C)CCOCc2ccccc2)cc2c(c1C(=O)OC)CC[C@H](O[Si](C)(C)C(C)(C)C)C2(C)C. The van der Waals surface area contributed by atoms with Crippen molar-refractivity contribution in [3.63, 3.8) is 0 Å². The Bertz CT molecular complexity index is 1230. The molecule has 0 heterocycles. The third-order valence-corrected chi connectivity index (χ3v) is 14.0. The predicted molar refractivity (Wildman–Crippen MR) is 171 cm³/mol. The molecule has 0 amide bonds. The van der Waals surface area contributed by atoms with Gasteiger partial charge in [-0.05, 0) is 78.4 Å². The highest BCUT2D eigenvalue weighted by atomic mass is 28.4. The minimum atomic E-state index is -2.04. The maximum absolute atomic E-state index is 13.3. The molecule has 0 saturated heterocycles. The van der Waals surface area contributed by atoms with Crippen molar-refractivity contribution in [1.82, 2.24) is 0 Å². The fourth-order valence-electron chi connectivity index (χ4n) is 5.62. The number of ether oxygens (including phenoxy) is 3. The summed E-state index contributed by atoms with van der Waals surface area (Å²) in [5, 5.41) is 0.0847. The number of carbonyl (C=O) groups is 2. The van der Waals surface area contributed by atoms with E-state index < -0.39 is 20.3 Å². The lowest BCUT2D eigenvalue weighted by Gasteiger charge is -2.47. The summed E-state index contributed by atoms with van der Waals surface area (Å²) in [6.07, 6.45) is 3.82. The van der Waals surface area contributed by atoms with Gasteiger partial charge < -0.3 is 18.6 Å². The van der Waals surface area contributed by atoms with Gasteiger partial charge in [-0.3, -0.25) is 0 Å². The van der Waals surface area contributed by atoms with Crippen molar-refractivity contribution >= 4 is 20.3 Å². The highest BCUT2D eigenvalue weighted by Crippen LogP contribution is 2.46. The lowest BCUT2D eigenvalue weighted by Crippen LogP contribution is -2.51. The van der Waals surface area contributed by atoms with E-state index in [1.807, 2.05) is 18.2 Å². The molecule has 0 aromatic heterocycles. The van der Waals surface area contributed by atoms with Crippen LogP contribution >= 0.6 is 0 Å². The molecule has 1 aliphatic rings. The largest absolute Gasteiger partial charge is 0.465 e. The fourth-order valence-corrected chi connectivity index (χ4v) is 7.09. The van der Waals surface area contributed by atoms with Crippen LogP contribution in [-0.2, 0) is 43.5 Å². The molecule has 2 aromatic carbocycles. The van der Waals surface area contributed by atoms with Gasteiger partial charge in [0.25, 0.3) is 0 Å². The van der Waals surface area contributed by atoms with Crippen molar-refractivity contribution < 1.29 is 28.2 Å². The molecule has 7 heteroatoms. The Morgan fingerprint density at radius 1 is 1.00 bits per heavy atom. The summed E-state index contributed by atoms with van der Waals surface area (Å²) in [4.78, 5) is 26.5. The van der Waals surface area contributed by atoms with Crippen molar-refractivity contribution in [3.05, 3.63) is 69.8 Å². The minimum Gasteiger partial charge on any atom is -0.465 e. The van der Waals surface area contributed by atoms with Crippen molar-refractivity contribution in [3.8, 4) is 0 Å². The Hall–Kier alpha value is -2.48. The summed E-state index contributed by atoms with van der Waals surface area (Å²) in [5.41, 5.74) is 4.29. The molecule has 1 aliphatic carbocycles. The molecule has 0 aliphatic heterocycles. The van der Waals surface area contributed by atoms with Crippen molar-refractivity contribution in [2.24, 2.45) is 5.92 Å². The highest BCUT2D eigenvalue weighted by Gasteiger charge is 2.46. The summed E-state index contributed by atoms with van der Waals surface area (Å²) in [6.45, 7) is 19.2. The molecule has 0 spiro atoms. The van der Waals surface area contributed by atoms with E-state index in [1.165, 1.54) is 14.2 Å². The molecule has 3 rings (SSSR count). The van der Waals surface area contributed by atoms with Crippen LogP contribution in [0, 0.1) is 5.92 Å². The summed E-state index contributed by atoms with van der Waals surface area (Å²) >= 11 is 0. The van der Waals surface area contributed by atoms with Gasteiger partial charge in [-0.15, -0.1) is 0 Å². The molecular weight excluding hydrogens is 544 g/mol. The predicted octanol–water partition coefficient (Wildman–Crippen LogP) is 8.05. The topological polar surface area (TPSA) is 71.1 Å². The molecule has 42 heavy (non-hydrogen) atoms. The lowest BCUT2D eigenvalue weighted by molar-refractivity contribution is 0.0548. The van der Waals surface area contributed by atoms with Gasteiger partial charge >= 0.3 is 11.9 Å². The van der Waals surface area contributed by atoms with Crippen LogP contribution in [0.15, 0.2) is 36.4 Å². The third-order valence-electron chi connectivity index (χ3n) is 9.47. The first-order valence-electron chi connectivity index (χ1n) is 15.3. The maximum atomic E-state index is 13.3. The molecule has 0 radical (unpaired) electrons. The van der Waals surface area contributed by atoms with E-state index in [4.69, 9.17) is 18.6 Å². The number of methoxy groups -OCH3 is 2. The fraction of sp³-hybridized carbons (Fsp3) is 0.600. The van der Waals surface area contributed by atoms with E-state index in [0.29, 0.717) is 43.1 Å². The van der Waals surface area contributed by atoms with Crippen LogP contribution in [0.5, 0.6) is 0 Å². The Labute approximate surface area is 254 Å². The van der Waals surface area contributed by atoms with Crippen LogP contribution in [-0.4, -0.2) is 47.2 Å². The molecule has 232 valence electrons. The monoisotopic (exact) mass is 596 g/mol. The van der Waals surface area contributed by atoms with Gasteiger partial charge in [0.15, 0.2) is 8.32 Å². The molecule has 2 aromatic rings. The number of benzene rings is 2. The molecule has 0 saturated carbocycles. The second-order valence-electron chi connectivity index (χ2n) is 13.9. The van der Waals surface area contributed by atoms with Gasteiger partial charge in [-0.2, -0.15) is 0 Å². The molecule has 0 unspecified atom stereocenters. The van der Waals surface area contributed by atoms with Gasteiger partial charge in [-0.25, -0.2) is 9.59 Å². The second-order valence-corrected chi connectivity index (χ2v) is 18.6. The van der Waals surface area contributed by atoms with Crippen LogP contribution in [0.3, 0.4) is 0 Å². The number of aryl methyl sites for hydroxylation is 1. The number of esters is 2. The third kappa shape index (κ3) is 7.72. The molecule has 2 atom stereocenters. The molecule has 0 fully saturated rings. The van der Waals surface area contributed by atoms with E-state index in [1.54, 1.807) is 0 Å². The molecule has 6 nitrogen and oxygen atoms in total. The van der Waals surface area contributed by atoms with E-state index in [-0.39, 0.29) is 16.6 Å². The number of rotatable bonds is 12. The van der Waals surface area contributed by atoms with Crippen LogP contribution in [0.25, 0.3) is 0 Å². The second kappa shape index (κ2) is 13.9. The van der Waals surface area contributed by atoms with Gasteiger partial charge in [0, 0.05) is 12.0 Å². The number of hydrogen-bond donors (Lipinski definition) is 0. The molecule has 0 N–H and O–H groups in total. The van der Waals surface area contributed by atoms with Crippen LogP contribution < -0.4 is 0 Å². The van der Waals surface area contributed by atoms with Crippen molar-refractivity contribution in [1.29, 1.82) is 0 Å². The molecular formula is C35H52O6Si. The van der Waals surface area contributed by atoms with Crippen LogP contribution in [0.2, 0.25) is 18.1 Å². The van der Waals surface area contributed by atoms with Gasteiger partial charge in [0.1, 0.15) is 0 Å². The summed E-state index contributed by atoms with van der Waals surface area (Å²) in [5.74, 6) is -0.619. The average Bonchev–Trinajstić information content (AvgIpc) is 2.94. The highest BCUT2D eigenvalue weighted by molar-refractivity contribution is 6.74. The zero-order chi connectivity index (χ0) is 31.3. The Morgan fingerprint density at radius 2 is 1.62 bits per heavy atom. The molecule has 0 bridgehead atoms. The number of fused-ring (bicyclic) bond motifs is 1. The van der Waals surface area contributed by atoms with Crippen molar-refractivity contribution in [2.45, 2.75) is 110 Å². The quantitative estimate of drug-likeness (QED) is 0.140. The van der Waals surface area contributed by atoms with Crippen molar-refractivity contribution in [2.75, 3.05) is 20.8 Å². The Morgan fingerprint density at radius 3 is 2.21 bits per heavy atom. The van der Waals surface area contributed by atoms with E-state index in [2.05, 4.69) is 72.8 Å². The van der Waals surface area contributed by atoms with E-state index in [9.17, 15) is 9.59 Å². The zero-order valence-corrected chi connectivity index (χ0v) is 28.5. The van der Waals surface area contributed by atoms with Gasteiger partial charge in [0.05, 0.1) is 38.1 Å². The maximum Gasteiger partial charge on any atom is 0.339 e. The standard InChI is InChI=1S/C35H52O6Si/c1-24(20-21-40-23-25-14-12-11-13-15-25)16-17-26-22-28-27(31(33(37)39-8)30(26)32(36)38-7)18-19-29(35(28,5)6)41-42(9,10)34(2,3)4/h11-15,22,24,29H,16-21,23H2,1-10H3/t24-,29-/m0/s1. The number of hydrogen-bond acceptors (Lipinski definition) is 6. The summed E-state index contributed by atoms with van der Waals surface area (Å²) in [6, 6.07) is 12.3. The Balaban J connectivity index is 1.91.